The number of amides is 1. The maximum absolute atomic E-state index is 13.9. The van der Waals surface area contributed by atoms with Crippen molar-refractivity contribution in [2.24, 2.45) is 0 Å². The van der Waals surface area contributed by atoms with E-state index in [1.807, 2.05) is 7.05 Å². The Morgan fingerprint density at radius 1 is 1.43 bits per heavy atom. The van der Waals surface area contributed by atoms with E-state index in [0.717, 1.165) is 25.5 Å². The van der Waals surface area contributed by atoms with Gasteiger partial charge in [0.05, 0.1) is 5.54 Å². The highest BCUT2D eigenvalue weighted by atomic mass is 19.2. The third-order valence-corrected chi connectivity index (χ3v) is 4.17. The Morgan fingerprint density at radius 3 is 2.76 bits per heavy atom. The van der Waals surface area contributed by atoms with Gasteiger partial charge in [0, 0.05) is 18.0 Å². The molecule has 5 heteroatoms. The second-order valence-electron chi connectivity index (χ2n) is 6.26. The maximum atomic E-state index is 13.9. The maximum Gasteiger partial charge on any atom is 0.222 e. The summed E-state index contributed by atoms with van der Waals surface area (Å²) in [6.45, 7) is 4.36. The molecule has 0 aromatic heterocycles. The number of nitrogens with zero attached hydrogens (tertiary/aromatic N) is 1. The topological polar surface area (TPSA) is 32.3 Å². The molecule has 0 saturated carbocycles. The van der Waals surface area contributed by atoms with Gasteiger partial charge in [0.2, 0.25) is 5.91 Å². The van der Waals surface area contributed by atoms with Crippen LogP contribution < -0.4 is 5.32 Å². The van der Waals surface area contributed by atoms with Crippen molar-refractivity contribution in [3.63, 3.8) is 0 Å². The zero-order valence-corrected chi connectivity index (χ0v) is 12.7. The van der Waals surface area contributed by atoms with Crippen LogP contribution in [-0.4, -0.2) is 30.4 Å². The molecule has 0 aliphatic carbocycles. The normalized spacial score (nSPS) is 19.8. The molecule has 1 aromatic carbocycles. The molecule has 1 aliphatic rings. The summed E-state index contributed by atoms with van der Waals surface area (Å²) in [6, 6.07) is 4.26. The average Bonchev–Trinajstić information content (AvgIpc) is 2.77. The van der Waals surface area contributed by atoms with Crippen LogP contribution in [0.1, 0.15) is 38.7 Å². The molecule has 1 fully saturated rings. The summed E-state index contributed by atoms with van der Waals surface area (Å²) in [7, 11) is 2.00. The fourth-order valence-corrected chi connectivity index (χ4v) is 2.90. The molecule has 1 amide bonds. The van der Waals surface area contributed by atoms with Crippen LogP contribution in [-0.2, 0) is 10.3 Å². The first-order valence-corrected chi connectivity index (χ1v) is 7.27. The first kappa shape index (κ1) is 15.9. The fourth-order valence-electron chi connectivity index (χ4n) is 2.90. The lowest BCUT2D eigenvalue weighted by Gasteiger charge is -2.29. The summed E-state index contributed by atoms with van der Waals surface area (Å²) in [5.41, 5.74) is -0.781. The molecule has 1 N–H and O–H groups in total. The summed E-state index contributed by atoms with van der Waals surface area (Å²) < 4.78 is 27.2. The van der Waals surface area contributed by atoms with Crippen molar-refractivity contribution in [3.8, 4) is 0 Å². The van der Waals surface area contributed by atoms with Gasteiger partial charge in [-0.25, -0.2) is 8.78 Å². The predicted molar refractivity (Wildman–Crippen MR) is 77.8 cm³/mol. The van der Waals surface area contributed by atoms with Gasteiger partial charge >= 0.3 is 0 Å². The van der Waals surface area contributed by atoms with Gasteiger partial charge in [-0.15, -0.1) is 0 Å². The van der Waals surface area contributed by atoms with E-state index in [1.54, 1.807) is 13.8 Å². The number of rotatable bonds is 4. The number of nitrogens with one attached hydrogen (secondary N) is 1. The van der Waals surface area contributed by atoms with Crippen molar-refractivity contribution in [1.82, 2.24) is 10.2 Å². The van der Waals surface area contributed by atoms with Crippen LogP contribution in [0.2, 0.25) is 0 Å². The highest BCUT2D eigenvalue weighted by molar-refractivity contribution is 5.77. The Morgan fingerprint density at radius 2 is 2.14 bits per heavy atom. The number of carbonyl (C=O) groups is 1. The first-order valence-electron chi connectivity index (χ1n) is 7.27. The number of hydrogen-bond donors (Lipinski definition) is 1. The summed E-state index contributed by atoms with van der Waals surface area (Å²) in [5, 5.41) is 2.82. The zero-order chi connectivity index (χ0) is 15.6. The SMILES string of the molecule is CN1CCCC1CC(=O)NC(C)(C)c1cccc(F)c1F. The number of hydrogen-bond acceptors (Lipinski definition) is 2. The van der Waals surface area contributed by atoms with Gasteiger partial charge in [-0.05, 0) is 46.3 Å². The smallest absolute Gasteiger partial charge is 0.222 e. The van der Waals surface area contributed by atoms with Crippen molar-refractivity contribution >= 4 is 5.91 Å². The van der Waals surface area contributed by atoms with Crippen LogP contribution in [0.5, 0.6) is 0 Å². The second kappa shape index (κ2) is 6.10. The van der Waals surface area contributed by atoms with E-state index in [4.69, 9.17) is 0 Å². The van der Waals surface area contributed by atoms with Gasteiger partial charge in [0.1, 0.15) is 0 Å². The van der Waals surface area contributed by atoms with Crippen LogP contribution in [0, 0.1) is 11.6 Å². The van der Waals surface area contributed by atoms with E-state index < -0.39 is 17.2 Å². The van der Waals surface area contributed by atoms with Gasteiger partial charge in [-0.1, -0.05) is 12.1 Å². The molecule has 1 atom stereocenters. The van der Waals surface area contributed by atoms with Crippen molar-refractivity contribution in [3.05, 3.63) is 35.4 Å². The average molecular weight is 296 g/mol. The van der Waals surface area contributed by atoms with Gasteiger partial charge in [0.15, 0.2) is 11.6 Å². The molecular weight excluding hydrogens is 274 g/mol. The third kappa shape index (κ3) is 3.59. The lowest BCUT2D eigenvalue weighted by atomic mass is 9.93. The highest BCUT2D eigenvalue weighted by Gasteiger charge is 2.30. The second-order valence-corrected chi connectivity index (χ2v) is 6.26. The molecule has 0 radical (unpaired) electrons. The molecule has 1 saturated heterocycles. The van der Waals surface area contributed by atoms with Crippen LogP contribution >= 0.6 is 0 Å². The number of carbonyl (C=O) groups excluding carboxylic acids is 1. The van der Waals surface area contributed by atoms with Crippen LogP contribution in [0.25, 0.3) is 0 Å². The van der Waals surface area contributed by atoms with Gasteiger partial charge in [0.25, 0.3) is 0 Å². The monoisotopic (exact) mass is 296 g/mol. The molecule has 116 valence electrons. The summed E-state index contributed by atoms with van der Waals surface area (Å²) in [4.78, 5) is 14.3. The largest absolute Gasteiger partial charge is 0.347 e. The van der Waals surface area contributed by atoms with Crippen molar-refractivity contribution < 1.29 is 13.6 Å². The zero-order valence-electron chi connectivity index (χ0n) is 12.7. The predicted octanol–water partition coefficient (Wildman–Crippen LogP) is 2.80. The Kier molecular flexibility index (Phi) is 4.61. The van der Waals surface area contributed by atoms with E-state index in [9.17, 15) is 13.6 Å². The quantitative estimate of drug-likeness (QED) is 0.926. The Balaban J connectivity index is 2.06. The van der Waals surface area contributed by atoms with E-state index in [0.29, 0.717) is 6.42 Å². The van der Waals surface area contributed by atoms with Gasteiger partial charge in [-0.2, -0.15) is 0 Å². The molecule has 0 spiro atoms. The van der Waals surface area contributed by atoms with E-state index in [-0.39, 0.29) is 17.5 Å². The minimum Gasteiger partial charge on any atom is -0.347 e. The van der Waals surface area contributed by atoms with Crippen molar-refractivity contribution in [2.75, 3.05) is 13.6 Å². The van der Waals surface area contributed by atoms with Gasteiger partial charge in [-0.3, -0.25) is 4.79 Å². The standard InChI is InChI=1S/C16H22F2N2O/c1-16(2,12-7-4-8-13(17)15(12)18)19-14(21)10-11-6-5-9-20(11)3/h4,7-8,11H,5-6,9-10H2,1-3H3,(H,19,21). The van der Waals surface area contributed by atoms with E-state index in [2.05, 4.69) is 10.2 Å². The fraction of sp³-hybridized carbons (Fsp3) is 0.562. The van der Waals surface area contributed by atoms with Crippen LogP contribution in [0.4, 0.5) is 8.78 Å². The molecular formula is C16H22F2N2O. The number of benzene rings is 1. The molecule has 3 nitrogen and oxygen atoms in total. The molecule has 1 unspecified atom stereocenters. The number of halogens is 2. The summed E-state index contributed by atoms with van der Waals surface area (Å²) in [5.74, 6) is -1.94. The first-order chi connectivity index (χ1) is 9.81. The van der Waals surface area contributed by atoms with Crippen LogP contribution in [0.15, 0.2) is 18.2 Å². The Bertz CT molecular complexity index is 531. The minimum atomic E-state index is -0.944. The lowest BCUT2D eigenvalue weighted by Crippen LogP contribution is -2.44. The summed E-state index contributed by atoms with van der Waals surface area (Å²) in [6.07, 6.45) is 2.48. The van der Waals surface area contributed by atoms with Crippen LogP contribution in [0.3, 0.4) is 0 Å². The molecule has 21 heavy (non-hydrogen) atoms. The minimum absolute atomic E-state index is 0.137. The van der Waals surface area contributed by atoms with E-state index in [1.165, 1.54) is 12.1 Å². The van der Waals surface area contributed by atoms with Crippen molar-refractivity contribution in [1.29, 1.82) is 0 Å². The third-order valence-electron chi connectivity index (χ3n) is 4.17. The Labute approximate surface area is 124 Å². The molecule has 1 heterocycles. The Hall–Kier alpha value is -1.49. The van der Waals surface area contributed by atoms with E-state index >= 15 is 0 Å². The highest BCUT2D eigenvalue weighted by Crippen LogP contribution is 2.25. The number of likely N-dealkylation sites (tertiary alicyclic amines) is 1. The lowest BCUT2D eigenvalue weighted by molar-refractivity contribution is -0.123. The van der Waals surface area contributed by atoms with Crippen molar-refractivity contribution in [2.45, 2.75) is 44.7 Å². The molecule has 1 aromatic rings. The summed E-state index contributed by atoms with van der Waals surface area (Å²) >= 11 is 0. The molecule has 1 aliphatic heterocycles. The van der Waals surface area contributed by atoms with Gasteiger partial charge < -0.3 is 10.2 Å². The molecule has 0 bridgehead atoms. The molecule has 2 rings (SSSR count).